The van der Waals surface area contributed by atoms with Crippen molar-refractivity contribution in [3.63, 3.8) is 0 Å². The lowest BCUT2D eigenvalue weighted by Crippen LogP contribution is -2.58. The maximum atomic E-state index is 13.7. The molecule has 1 aromatic carbocycles. The first kappa shape index (κ1) is 28.5. The van der Waals surface area contributed by atoms with Crippen LogP contribution in [0.2, 0.25) is 0 Å². The van der Waals surface area contributed by atoms with Crippen molar-refractivity contribution < 1.29 is 29.0 Å². The zero-order valence-electron chi connectivity index (χ0n) is 22.7. The molecule has 2 aliphatic heterocycles. The second kappa shape index (κ2) is 11.5. The minimum absolute atomic E-state index is 0.131. The van der Waals surface area contributed by atoms with Crippen molar-refractivity contribution in [2.24, 2.45) is 5.92 Å². The number of hydrogen-bond acceptors (Lipinski definition) is 5. The molecule has 2 N–H and O–H groups in total. The Morgan fingerprint density at radius 3 is 2.27 bits per heavy atom. The molecule has 0 aromatic heterocycles. The van der Waals surface area contributed by atoms with Crippen molar-refractivity contribution in [2.75, 3.05) is 19.6 Å². The number of aliphatic carboxylic acids is 1. The van der Waals surface area contributed by atoms with Crippen LogP contribution in [-0.2, 0) is 24.5 Å². The fraction of sp³-hybridized carbons (Fsp3) is 0.643. The number of nitrogens with one attached hydrogen (secondary N) is 1. The minimum atomic E-state index is -1.05. The third-order valence-corrected chi connectivity index (χ3v) is 7.62. The molecular weight excluding hydrogens is 474 g/mol. The van der Waals surface area contributed by atoms with E-state index in [0.717, 1.165) is 12.0 Å². The van der Waals surface area contributed by atoms with E-state index >= 15 is 0 Å². The standard InChI is InChI=1S/C28H41N3O6/c1-6-19(2)22(24(33)34)29-25(35)28(20-11-8-7-9-12-20)14-17-30(18-15-28)23(32)21-13-10-16-31(21)26(36)37-27(3,4)5/h7-9,11-12,19,21-22H,6,10,13-18H2,1-5H3,(H,29,35)(H,33,34)/t19?,21-,22-/m0/s1. The molecule has 204 valence electrons. The molecule has 0 spiro atoms. The van der Waals surface area contributed by atoms with Gasteiger partial charge in [0.25, 0.3) is 0 Å². The van der Waals surface area contributed by atoms with Crippen LogP contribution in [0.5, 0.6) is 0 Å². The summed E-state index contributed by atoms with van der Waals surface area (Å²) in [7, 11) is 0. The fourth-order valence-electron chi connectivity index (χ4n) is 5.25. The average Bonchev–Trinajstić information content (AvgIpc) is 3.36. The van der Waals surface area contributed by atoms with Gasteiger partial charge in [-0.1, -0.05) is 50.6 Å². The number of carboxylic acids is 1. The largest absolute Gasteiger partial charge is 0.480 e. The summed E-state index contributed by atoms with van der Waals surface area (Å²) in [6.45, 7) is 10.2. The first-order valence-corrected chi connectivity index (χ1v) is 13.3. The van der Waals surface area contributed by atoms with Crippen LogP contribution in [0.4, 0.5) is 4.79 Å². The average molecular weight is 516 g/mol. The molecule has 3 atom stereocenters. The first-order chi connectivity index (χ1) is 17.4. The fourth-order valence-corrected chi connectivity index (χ4v) is 5.25. The molecule has 3 amide bonds. The molecule has 1 aromatic rings. The van der Waals surface area contributed by atoms with Crippen LogP contribution in [0.1, 0.15) is 72.3 Å². The van der Waals surface area contributed by atoms with Crippen LogP contribution in [0, 0.1) is 5.92 Å². The number of carbonyl (C=O) groups is 4. The summed E-state index contributed by atoms with van der Waals surface area (Å²) in [5.74, 6) is -1.73. The highest BCUT2D eigenvalue weighted by Crippen LogP contribution is 2.37. The van der Waals surface area contributed by atoms with Gasteiger partial charge in [-0.2, -0.15) is 0 Å². The summed E-state index contributed by atoms with van der Waals surface area (Å²) in [5.41, 5.74) is -0.784. The SMILES string of the molecule is CCC(C)[C@H](NC(=O)C1(c2ccccc2)CCN(C(=O)[C@@H]2CCCN2C(=O)OC(C)(C)C)CC1)C(=O)O. The van der Waals surface area contributed by atoms with Gasteiger partial charge in [-0.3, -0.25) is 14.5 Å². The molecule has 2 aliphatic rings. The van der Waals surface area contributed by atoms with Gasteiger partial charge in [0, 0.05) is 19.6 Å². The lowest BCUT2D eigenvalue weighted by atomic mass is 9.71. The number of benzene rings is 1. The molecular formula is C28H41N3O6. The Labute approximate surface area is 219 Å². The van der Waals surface area contributed by atoms with Crippen LogP contribution in [0.15, 0.2) is 30.3 Å². The van der Waals surface area contributed by atoms with Gasteiger partial charge in [-0.25, -0.2) is 9.59 Å². The number of rotatable bonds is 7. The van der Waals surface area contributed by atoms with E-state index in [2.05, 4.69) is 5.32 Å². The number of carbonyl (C=O) groups excluding carboxylic acids is 3. The van der Waals surface area contributed by atoms with Gasteiger partial charge < -0.3 is 20.1 Å². The Hall–Kier alpha value is -3.10. The lowest BCUT2D eigenvalue weighted by Gasteiger charge is -2.43. The third kappa shape index (κ3) is 6.43. The molecule has 0 saturated carbocycles. The van der Waals surface area contributed by atoms with Gasteiger partial charge in [0.2, 0.25) is 11.8 Å². The minimum Gasteiger partial charge on any atom is -0.480 e. The third-order valence-electron chi connectivity index (χ3n) is 7.62. The van der Waals surface area contributed by atoms with E-state index in [4.69, 9.17) is 4.74 Å². The highest BCUT2D eigenvalue weighted by Gasteiger charge is 2.47. The summed E-state index contributed by atoms with van der Waals surface area (Å²) in [6.07, 6.45) is 2.16. The summed E-state index contributed by atoms with van der Waals surface area (Å²) >= 11 is 0. The maximum absolute atomic E-state index is 13.7. The molecule has 3 rings (SSSR count). The van der Waals surface area contributed by atoms with Crippen molar-refractivity contribution >= 4 is 23.9 Å². The van der Waals surface area contributed by atoms with Crippen molar-refractivity contribution in [1.82, 2.24) is 15.1 Å². The van der Waals surface area contributed by atoms with E-state index < -0.39 is 35.2 Å². The summed E-state index contributed by atoms with van der Waals surface area (Å²) in [6, 6.07) is 7.81. The predicted octanol–water partition coefficient (Wildman–Crippen LogP) is 3.56. The van der Waals surface area contributed by atoms with Crippen LogP contribution in [0.3, 0.4) is 0 Å². The van der Waals surface area contributed by atoms with Crippen molar-refractivity contribution in [3.05, 3.63) is 35.9 Å². The molecule has 0 bridgehead atoms. The molecule has 0 radical (unpaired) electrons. The molecule has 1 unspecified atom stereocenters. The molecule has 2 fully saturated rings. The van der Waals surface area contributed by atoms with Crippen LogP contribution < -0.4 is 5.32 Å². The van der Waals surface area contributed by atoms with E-state index in [-0.39, 0.29) is 17.7 Å². The number of carboxylic acid groups (broad SMARTS) is 1. The normalized spacial score (nSPS) is 21.2. The Morgan fingerprint density at radius 2 is 1.73 bits per heavy atom. The molecule has 9 heteroatoms. The van der Waals surface area contributed by atoms with Gasteiger partial charge in [-0.15, -0.1) is 0 Å². The van der Waals surface area contributed by atoms with Crippen molar-refractivity contribution in [2.45, 2.75) is 89.8 Å². The van der Waals surface area contributed by atoms with Gasteiger partial charge >= 0.3 is 12.1 Å². The first-order valence-electron chi connectivity index (χ1n) is 13.3. The number of likely N-dealkylation sites (tertiary alicyclic amines) is 2. The summed E-state index contributed by atoms with van der Waals surface area (Å²) in [4.78, 5) is 55.1. The number of amides is 3. The number of nitrogens with zero attached hydrogens (tertiary/aromatic N) is 2. The van der Waals surface area contributed by atoms with E-state index in [1.165, 1.54) is 4.90 Å². The summed E-state index contributed by atoms with van der Waals surface area (Å²) in [5, 5.41) is 12.6. The second-order valence-electron chi connectivity index (χ2n) is 11.3. The second-order valence-corrected chi connectivity index (χ2v) is 11.3. The van der Waals surface area contributed by atoms with E-state index in [0.29, 0.717) is 45.3 Å². The van der Waals surface area contributed by atoms with Crippen LogP contribution >= 0.6 is 0 Å². The molecule has 2 saturated heterocycles. The Kier molecular flexibility index (Phi) is 8.87. The topological polar surface area (TPSA) is 116 Å². The lowest BCUT2D eigenvalue weighted by molar-refractivity contribution is -0.145. The quantitative estimate of drug-likeness (QED) is 0.574. The number of piperidine rings is 1. The number of hydrogen-bond donors (Lipinski definition) is 2. The Bertz CT molecular complexity index is 981. The number of ether oxygens (including phenoxy) is 1. The highest BCUT2D eigenvalue weighted by molar-refractivity contribution is 5.92. The van der Waals surface area contributed by atoms with Crippen molar-refractivity contribution in [1.29, 1.82) is 0 Å². The van der Waals surface area contributed by atoms with E-state index in [1.807, 2.05) is 44.2 Å². The van der Waals surface area contributed by atoms with Crippen molar-refractivity contribution in [3.8, 4) is 0 Å². The maximum Gasteiger partial charge on any atom is 0.410 e. The zero-order valence-corrected chi connectivity index (χ0v) is 22.7. The van der Waals surface area contributed by atoms with Crippen LogP contribution in [0.25, 0.3) is 0 Å². The molecule has 2 heterocycles. The van der Waals surface area contributed by atoms with Crippen LogP contribution in [-0.4, -0.2) is 76.1 Å². The monoisotopic (exact) mass is 515 g/mol. The zero-order chi connectivity index (χ0) is 27.4. The van der Waals surface area contributed by atoms with Gasteiger partial charge in [-0.05, 0) is 57.9 Å². The predicted molar refractivity (Wildman–Crippen MR) is 139 cm³/mol. The smallest absolute Gasteiger partial charge is 0.410 e. The van der Waals surface area contributed by atoms with Gasteiger partial charge in [0.15, 0.2) is 0 Å². The van der Waals surface area contributed by atoms with Gasteiger partial charge in [0.05, 0.1) is 5.41 Å². The highest BCUT2D eigenvalue weighted by atomic mass is 16.6. The van der Waals surface area contributed by atoms with E-state index in [1.54, 1.807) is 25.7 Å². The summed E-state index contributed by atoms with van der Waals surface area (Å²) < 4.78 is 5.51. The molecule has 37 heavy (non-hydrogen) atoms. The van der Waals surface area contributed by atoms with Gasteiger partial charge in [0.1, 0.15) is 17.7 Å². The Balaban J connectivity index is 1.78. The Morgan fingerprint density at radius 1 is 1.11 bits per heavy atom. The van der Waals surface area contributed by atoms with E-state index in [9.17, 15) is 24.3 Å². The molecule has 9 nitrogen and oxygen atoms in total. The molecule has 0 aliphatic carbocycles.